The van der Waals surface area contributed by atoms with Crippen molar-refractivity contribution >= 4 is 56.4 Å². The van der Waals surface area contributed by atoms with E-state index in [0.717, 1.165) is 4.31 Å². The predicted octanol–water partition coefficient (Wildman–Crippen LogP) is 5.49. The maximum atomic E-state index is 13.4. The zero-order valence-corrected chi connectivity index (χ0v) is 21.3. The van der Waals surface area contributed by atoms with Crippen molar-refractivity contribution in [2.24, 2.45) is 0 Å². The summed E-state index contributed by atoms with van der Waals surface area (Å²) in [6, 6.07) is 15.4. The minimum atomic E-state index is -4.04. The number of hydrogen-bond donors (Lipinski definition) is 1. The van der Waals surface area contributed by atoms with E-state index in [9.17, 15) is 13.2 Å². The zero-order valence-electron chi connectivity index (χ0n) is 18.2. The summed E-state index contributed by atoms with van der Waals surface area (Å²) in [6.45, 7) is -0.529. The molecule has 0 aliphatic heterocycles. The lowest BCUT2D eigenvalue weighted by Crippen LogP contribution is -2.37. The van der Waals surface area contributed by atoms with E-state index in [4.69, 9.17) is 44.3 Å². The minimum absolute atomic E-state index is 0.00408. The summed E-state index contributed by atoms with van der Waals surface area (Å²) in [5.74, 6) is 0.0303. The molecule has 0 bridgehead atoms. The molecular weight excluding hydrogens is 523 g/mol. The maximum Gasteiger partial charge on any atom is 0.243 e. The molecule has 0 heterocycles. The lowest BCUT2D eigenvalue weighted by atomic mass is 10.2. The van der Waals surface area contributed by atoms with Crippen LogP contribution in [-0.2, 0) is 21.4 Å². The Morgan fingerprint density at radius 3 is 2.00 bits per heavy atom. The maximum absolute atomic E-state index is 13.4. The number of sulfonamides is 1. The van der Waals surface area contributed by atoms with Crippen LogP contribution in [0.2, 0.25) is 15.1 Å². The summed E-state index contributed by atoms with van der Waals surface area (Å²) in [7, 11) is -1.19. The van der Waals surface area contributed by atoms with Gasteiger partial charge >= 0.3 is 0 Å². The molecule has 0 aliphatic carbocycles. The molecule has 1 N–H and O–H groups in total. The van der Waals surface area contributed by atoms with Gasteiger partial charge in [-0.3, -0.25) is 4.79 Å². The molecule has 0 saturated heterocycles. The first kappa shape index (κ1) is 26.1. The summed E-state index contributed by atoms with van der Waals surface area (Å²) in [6.07, 6.45) is 0. The van der Waals surface area contributed by atoms with Crippen LogP contribution in [0.4, 0.5) is 5.69 Å². The third-order valence-corrected chi connectivity index (χ3v) is 7.40. The minimum Gasteiger partial charge on any atom is -0.495 e. The highest BCUT2D eigenvalue weighted by Gasteiger charge is 2.27. The first-order valence-electron chi connectivity index (χ1n) is 9.85. The van der Waals surface area contributed by atoms with Crippen molar-refractivity contribution in [3.05, 3.63) is 81.3 Å². The average molecular weight is 544 g/mol. The van der Waals surface area contributed by atoms with Crippen LogP contribution in [-0.4, -0.2) is 39.4 Å². The first-order chi connectivity index (χ1) is 16.1. The molecule has 0 radical (unpaired) electrons. The van der Waals surface area contributed by atoms with Gasteiger partial charge in [0.2, 0.25) is 15.9 Å². The van der Waals surface area contributed by atoms with E-state index in [1.54, 1.807) is 24.3 Å². The Balaban J connectivity index is 1.91. The summed E-state index contributed by atoms with van der Waals surface area (Å²) >= 11 is 18.0. The van der Waals surface area contributed by atoms with Gasteiger partial charge in [0.25, 0.3) is 0 Å². The molecule has 34 heavy (non-hydrogen) atoms. The smallest absolute Gasteiger partial charge is 0.243 e. The molecule has 7 nitrogen and oxygen atoms in total. The van der Waals surface area contributed by atoms with E-state index in [0.29, 0.717) is 32.1 Å². The van der Waals surface area contributed by atoms with Gasteiger partial charge in [0.15, 0.2) is 0 Å². The van der Waals surface area contributed by atoms with E-state index in [2.05, 4.69) is 5.32 Å². The highest BCUT2D eigenvalue weighted by Crippen LogP contribution is 2.36. The monoisotopic (exact) mass is 542 g/mol. The molecule has 3 rings (SSSR count). The second-order valence-electron chi connectivity index (χ2n) is 7.09. The predicted molar refractivity (Wildman–Crippen MR) is 134 cm³/mol. The van der Waals surface area contributed by atoms with Gasteiger partial charge in [-0.15, -0.1) is 0 Å². The second kappa shape index (κ2) is 11.3. The Bertz CT molecular complexity index is 1270. The molecule has 0 atom stereocenters. The van der Waals surface area contributed by atoms with Gasteiger partial charge in [-0.25, -0.2) is 8.42 Å². The third-order valence-electron chi connectivity index (χ3n) is 4.79. The summed E-state index contributed by atoms with van der Waals surface area (Å²) in [5, 5.41) is 3.87. The van der Waals surface area contributed by atoms with Gasteiger partial charge in [0, 0.05) is 28.7 Å². The molecule has 180 valence electrons. The van der Waals surface area contributed by atoms with Crippen LogP contribution in [0.1, 0.15) is 5.56 Å². The Labute approximate surface area is 213 Å². The van der Waals surface area contributed by atoms with Crippen molar-refractivity contribution in [1.82, 2.24) is 4.31 Å². The summed E-state index contributed by atoms with van der Waals surface area (Å²) in [5.41, 5.74) is 0.935. The first-order valence-corrected chi connectivity index (χ1v) is 12.4. The van der Waals surface area contributed by atoms with Gasteiger partial charge in [0.1, 0.15) is 11.5 Å². The van der Waals surface area contributed by atoms with Gasteiger partial charge in [-0.05, 0) is 42.0 Å². The molecule has 0 unspecified atom stereocenters. The average Bonchev–Trinajstić information content (AvgIpc) is 2.81. The SMILES string of the molecule is COc1cc(NC(=O)CN(Cc2ccc(Cl)cc2)S(=O)(=O)c2ccc(Cl)cc2)c(OC)cc1Cl. The fraction of sp³-hybridized carbons (Fsp3) is 0.174. The Morgan fingerprint density at radius 2 is 1.44 bits per heavy atom. The molecule has 0 aromatic heterocycles. The van der Waals surface area contributed by atoms with Crippen LogP contribution in [0.5, 0.6) is 11.5 Å². The number of amides is 1. The summed E-state index contributed by atoms with van der Waals surface area (Å²) in [4.78, 5) is 13.0. The molecule has 0 aliphatic rings. The second-order valence-corrected chi connectivity index (χ2v) is 10.3. The molecule has 11 heteroatoms. The number of rotatable bonds is 9. The normalized spacial score (nSPS) is 11.4. The van der Waals surface area contributed by atoms with E-state index >= 15 is 0 Å². The van der Waals surface area contributed by atoms with Crippen LogP contribution >= 0.6 is 34.8 Å². The number of anilines is 1. The van der Waals surface area contributed by atoms with E-state index in [-0.39, 0.29) is 17.1 Å². The fourth-order valence-corrected chi connectivity index (χ4v) is 4.95. The fourth-order valence-electron chi connectivity index (χ4n) is 3.08. The third kappa shape index (κ3) is 6.34. The number of methoxy groups -OCH3 is 2. The lowest BCUT2D eigenvalue weighted by Gasteiger charge is -2.22. The molecule has 3 aromatic carbocycles. The zero-order chi connectivity index (χ0) is 24.9. The lowest BCUT2D eigenvalue weighted by molar-refractivity contribution is -0.116. The van der Waals surface area contributed by atoms with Gasteiger partial charge in [-0.2, -0.15) is 4.31 Å². The van der Waals surface area contributed by atoms with Crippen molar-refractivity contribution in [2.45, 2.75) is 11.4 Å². The molecule has 0 spiro atoms. The standard InChI is InChI=1S/C23H21Cl3N2O5S/c1-32-21-12-20(22(33-2)11-19(21)26)27-23(29)14-28(13-15-3-5-16(24)6-4-15)34(30,31)18-9-7-17(25)8-10-18/h3-12H,13-14H2,1-2H3,(H,27,29). The number of hydrogen-bond acceptors (Lipinski definition) is 5. The number of halogens is 3. The highest BCUT2D eigenvalue weighted by atomic mass is 35.5. The number of benzene rings is 3. The van der Waals surface area contributed by atoms with Crippen LogP contribution in [0, 0.1) is 0 Å². The molecule has 0 fully saturated rings. The number of nitrogens with zero attached hydrogens (tertiary/aromatic N) is 1. The highest BCUT2D eigenvalue weighted by molar-refractivity contribution is 7.89. The van der Waals surface area contributed by atoms with Gasteiger partial charge in [-0.1, -0.05) is 46.9 Å². The number of nitrogens with one attached hydrogen (secondary N) is 1. The summed E-state index contributed by atoms with van der Waals surface area (Å²) < 4.78 is 38.3. The number of carbonyl (C=O) groups excluding carboxylic acids is 1. The van der Waals surface area contributed by atoms with Crippen LogP contribution < -0.4 is 14.8 Å². The van der Waals surface area contributed by atoms with E-state index in [1.807, 2.05) is 0 Å². The van der Waals surface area contributed by atoms with Gasteiger partial charge in [0.05, 0.1) is 36.4 Å². The largest absolute Gasteiger partial charge is 0.495 e. The van der Waals surface area contributed by atoms with Crippen molar-refractivity contribution in [2.75, 3.05) is 26.1 Å². The number of carbonyl (C=O) groups is 1. The quantitative estimate of drug-likeness (QED) is 0.386. The van der Waals surface area contributed by atoms with Crippen LogP contribution in [0.25, 0.3) is 0 Å². The molecule has 0 saturated carbocycles. The van der Waals surface area contributed by atoms with Crippen molar-refractivity contribution < 1.29 is 22.7 Å². The van der Waals surface area contributed by atoms with Crippen LogP contribution in [0.3, 0.4) is 0 Å². The molecule has 3 aromatic rings. The van der Waals surface area contributed by atoms with E-state index in [1.165, 1.54) is 50.6 Å². The van der Waals surface area contributed by atoms with Crippen molar-refractivity contribution in [3.8, 4) is 11.5 Å². The van der Waals surface area contributed by atoms with E-state index < -0.39 is 22.5 Å². The van der Waals surface area contributed by atoms with Crippen LogP contribution in [0.15, 0.2) is 65.6 Å². The Hall–Kier alpha value is -2.49. The molecule has 1 amide bonds. The van der Waals surface area contributed by atoms with Crippen molar-refractivity contribution in [1.29, 1.82) is 0 Å². The Kier molecular flexibility index (Phi) is 8.67. The van der Waals surface area contributed by atoms with Crippen molar-refractivity contribution in [3.63, 3.8) is 0 Å². The molecular formula is C23H21Cl3N2O5S. The van der Waals surface area contributed by atoms with Gasteiger partial charge < -0.3 is 14.8 Å². The Morgan fingerprint density at radius 1 is 0.882 bits per heavy atom. The number of ether oxygens (including phenoxy) is 2. The topological polar surface area (TPSA) is 84.9 Å².